The molecule has 1 aromatic heterocycles. The third kappa shape index (κ3) is 3.39. The van der Waals surface area contributed by atoms with Gasteiger partial charge in [0.2, 0.25) is 5.91 Å². The first-order chi connectivity index (χ1) is 11.0. The summed E-state index contributed by atoms with van der Waals surface area (Å²) in [7, 11) is 1.64. The van der Waals surface area contributed by atoms with Gasteiger partial charge in [0.1, 0.15) is 0 Å². The monoisotopic (exact) mass is 309 g/mol. The zero-order valence-corrected chi connectivity index (χ0v) is 13.3. The molecule has 1 aromatic carbocycles. The van der Waals surface area contributed by atoms with Gasteiger partial charge in [0.05, 0.1) is 5.69 Å². The maximum atomic E-state index is 12.4. The lowest BCUT2D eigenvalue weighted by molar-refractivity contribution is -0.126. The van der Waals surface area contributed by atoms with Crippen LogP contribution in [0.5, 0.6) is 0 Å². The van der Waals surface area contributed by atoms with E-state index in [1.807, 2.05) is 37.3 Å². The van der Waals surface area contributed by atoms with Crippen molar-refractivity contribution in [1.82, 2.24) is 14.7 Å². The maximum absolute atomic E-state index is 12.4. The van der Waals surface area contributed by atoms with E-state index in [2.05, 4.69) is 5.10 Å². The molecule has 118 valence electrons. The molecule has 3 rings (SSSR count). The SMILES string of the molecule is Cc1cccc(/C=C/C(=O)N2CCc3nn(C)c(=O)cc3C2)c1. The van der Waals surface area contributed by atoms with E-state index in [-0.39, 0.29) is 11.5 Å². The molecule has 1 aliphatic heterocycles. The van der Waals surface area contributed by atoms with Crippen LogP contribution in [-0.2, 0) is 24.8 Å². The Morgan fingerprint density at radius 1 is 1.30 bits per heavy atom. The summed E-state index contributed by atoms with van der Waals surface area (Å²) in [6.45, 7) is 3.08. The van der Waals surface area contributed by atoms with Crippen LogP contribution >= 0.6 is 0 Å². The summed E-state index contributed by atoms with van der Waals surface area (Å²) in [5.74, 6) is -0.0437. The van der Waals surface area contributed by atoms with Crippen LogP contribution < -0.4 is 5.56 Å². The van der Waals surface area contributed by atoms with Crippen molar-refractivity contribution in [3.8, 4) is 0 Å². The van der Waals surface area contributed by atoms with Crippen molar-refractivity contribution < 1.29 is 4.79 Å². The number of fused-ring (bicyclic) bond motifs is 1. The Labute approximate surface area is 134 Å². The molecule has 0 saturated carbocycles. The van der Waals surface area contributed by atoms with E-state index in [0.29, 0.717) is 19.5 Å². The quantitative estimate of drug-likeness (QED) is 0.793. The van der Waals surface area contributed by atoms with Crippen LogP contribution in [0.3, 0.4) is 0 Å². The first kappa shape index (κ1) is 15.2. The number of nitrogens with zero attached hydrogens (tertiary/aromatic N) is 3. The van der Waals surface area contributed by atoms with E-state index in [1.54, 1.807) is 24.1 Å². The Morgan fingerprint density at radius 3 is 2.91 bits per heavy atom. The first-order valence-electron chi connectivity index (χ1n) is 7.63. The molecule has 0 fully saturated rings. The molecule has 2 aromatic rings. The highest BCUT2D eigenvalue weighted by Crippen LogP contribution is 2.15. The number of aryl methyl sites for hydroxylation is 2. The molecule has 0 bridgehead atoms. The molecule has 5 nitrogen and oxygen atoms in total. The van der Waals surface area contributed by atoms with Crippen LogP contribution in [0.2, 0.25) is 0 Å². The van der Waals surface area contributed by atoms with Crippen molar-refractivity contribution in [3.63, 3.8) is 0 Å². The van der Waals surface area contributed by atoms with Gasteiger partial charge in [0, 0.05) is 44.3 Å². The number of amides is 1. The van der Waals surface area contributed by atoms with E-state index in [1.165, 1.54) is 4.68 Å². The second kappa shape index (κ2) is 6.20. The molecule has 23 heavy (non-hydrogen) atoms. The molecular weight excluding hydrogens is 290 g/mol. The molecule has 0 radical (unpaired) electrons. The molecule has 2 heterocycles. The number of hydrogen-bond acceptors (Lipinski definition) is 3. The predicted molar refractivity (Wildman–Crippen MR) is 88.8 cm³/mol. The van der Waals surface area contributed by atoms with E-state index >= 15 is 0 Å². The third-order valence-corrected chi connectivity index (χ3v) is 4.01. The van der Waals surface area contributed by atoms with Crippen molar-refractivity contribution in [2.24, 2.45) is 7.05 Å². The Kier molecular flexibility index (Phi) is 4.10. The second-order valence-electron chi connectivity index (χ2n) is 5.84. The van der Waals surface area contributed by atoms with Gasteiger partial charge in [-0.3, -0.25) is 9.59 Å². The van der Waals surface area contributed by atoms with Crippen molar-refractivity contribution in [3.05, 3.63) is 69.1 Å². The minimum absolute atomic E-state index is 0.0437. The number of carbonyl (C=O) groups excluding carboxylic acids is 1. The lowest BCUT2D eigenvalue weighted by Crippen LogP contribution is -2.37. The van der Waals surface area contributed by atoms with Crippen molar-refractivity contribution in [2.75, 3.05) is 6.54 Å². The fraction of sp³-hybridized carbons (Fsp3) is 0.278. The highest BCUT2D eigenvalue weighted by molar-refractivity contribution is 5.91. The number of carbonyl (C=O) groups is 1. The minimum atomic E-state index is -0.145. The number of benzene rings is 1. The Hall–Kier alpha value is -2.69. The minimum Gasteiger partial charge on any atom is -0.334 e. The molecule has 0 N–H and O–H groups in total. The topological polar surface area (TPSA) is 55.2 Å². The van der Waals surface area contributed by atoms with Crippen LogP contribution in [0.15, 0.2) is 41.2 Å². The summed E-state index contributed by atoms with van der Waals surface area (Å²) in [5.41, 5.74) is 3.77. The van der Waals surface area contributed by atoms with E-state index < -0.39 is 0 Å². The standard InChI is InChI=1S/C18H19N3O2/c1-13-4-3-5-14(10-13)6-7-17(22)21-9-8-16-15(12-21)11-18(23)20(2)19-16/h3-7,10-11H,8-9,12H2,1-2H3/b7-6+. The van der Waals surface area contributed by atoms with Gasteiger partial charge in [-0.1, -0.05) is 29.8 Å². The molecule has 0 spiro atoms. The van der Waals surface area contributed by atoms with Gasteiger partial charge >= 0.3 is 0 Å². The fourth-order valence-corrected chi connectivity index (χ4v) is 2.73. The third-order valence-electron chi connectivity index (χ3n) is 4.01. The molecule has 1 amide bonds. The summed E-state index contributed by atoms with van der Waals surface area (Å²) < 4.78 is 1.34. The zero-order valence-electron chi connectivity index (χ0n) is 13.3. The predicted octanol–water partition coefficient (Wildman–Crippen LogP) is 1.69. The normalized spacial score (nSPS) is 14.1. The average molecular weight is 309 g/mol. The van der Waals surface area contributed by atoms with Crippen molar-refractivity contribution in [2.45, 2.75) is 19.9 Å². The summed E-state index contributed by atoms with van der Waals surface area (Å²) in [5, 5.41) is 4.26. The lowest BCUT2D eigenvalue weighted by Gasteiger charge is -2.27. The summed E-state index contributed by atoms with van der Waals surface area (Å²) in [4.78, 5) is 25.8. The van der Waals surface area contributed by atoms with Gasteiger partial charge in [-0.25, -0.2) is 4.68 Å². The number of aromatic nitrogens is 2. The summed E-state index contributed by atoms with van der Waals surface area (Å²) in [6, 6.07) is 9.57. The number of rotatable bonds is 2. The molecule has 0 aliphatic carbocycles. The molecule has 0 saturated heterocycles. The second-order valence-corrected chi connectivity index (χ2v) is 5.84. The Morgan fingerprint density at radius 2 is 2.13 bits per heavy atom. The van der Waals surface area contributed by atoms with Crippen LogP contribution in [0, 0.1) is 6.92 Å². The van der Waals surface area contributed by atoms with Crippen LogP contribution in [0.1, 0.15) is 22.4 Å². The highest BCUT2D eigenvalue weighted by Gasteiger charge is 2.21. The largest absolute Gasteiger partial charge is 0.334 e. The van der Waals surface area contributed by atoms with Crippen LogP contribution in [-0.4, -0.2) is 27.1 Å². The fourth-order valence-electron chi connectivity index (χ4n) is 2.73. The van der Waals surface area contributed by atoms with Gasteiger partial charge in [-0.05, 0) is 18.6 Å². The lowest BCUT2D eigenvalue weighted by atomic mass is 10.1. The van der Waals surface area contributed by atoms with Crippen molar-refractivity contribution >= 4 is 12.0 Å². The van der Waals surface area contributed by atoms with E-state index in [9.17, 15) is 9.59 Å². The zero-order chi connectivity index (χ0) is 16.4. The van der Waals surface area contributed by atoms with Gasteiger partial charge < -0.3 is 4.90 Å². The smallest absolute Gasteiger partial charge is 0.266 e. The molecule has 5 heteroatoms. The molecule has 0 atom stereocenters. The maximum Gasteiger partial charge on any atom is 0.266 e. The van der Waals surface area contributed by atoms with Crippen LogP contribution in [0.4, 0.5) is 0 Å². The Balaban J connectivity index is 1.74. The van der Waals surface area contributed by atoms with Gasteiger partial charge in [-0.15, -0.1) is 0 Å². The summed E-state index contributed by atoms with van der Waals surface area (Å²) in [6.07, 6.45) is 4.09. The van der Waals surface area contributed by atoms with Gasteiger partial charge in [0.15, 0.2) is 0 Å². The molecule has 0 unspecified atom stereocenters. The average Bonchev–Trinajstić information content (AvgIpc) is 2.53. The van der Waals surface area contributed by atoms with Gasteiger partial charge in [0.25, 0.3) is 5.56 Å². The molecule has 1 aliphatic rings. The number of hydrogen-bond donors (Lipinski definition) is 0. The first-order valence-corrected chi connectivity index (χ1v) is 7.63. The van der Waals surface area contributed by atoms with Gasteiger partial charge in [-0.2, -0.15) is 5.10 Å². The highest BCUT2D eigenvalue weighted by atomic mass is 16.2. The molecular formula is C18H19N3O2. The van der Waals surface area contributed by atoms with E-state index in [4.69, 9.17) is 0 Å². The van der Waals surface area contributed by atoms with Crippen molar-refractivity contribution in [1.29, 1.82) is 0 Å². The Bertz CT molecular complexity index is 836. The van der Waals surface area contributed by atoms with E-state index in [0.717, 1.165) is 22.4 Å². The summed E-state index contributed by atoms with van der Waals surface area (Å²) >= 11 is 0. The van der Waals surface area contributed by atoms with Crippen LogP contribution in [0.25, 0.3) is 6.08 Å².